The summed E-state index contributed by atoms with van der Waals surface area (Å²) in [5, 5.41) is 8.90. The van der Waals surface area contributed by atoms with Crippen LogP contribution in [0.25, 0.3) is 0 Å². The Morgan fingerprint density at radius 3 is 2.83 bits per heavy atom. The zero-order valence-corrected chi connectivity index (χ0v) is 13.2. The van der Waals surface area contributed by atoms with E-state index in [1.807, 2.05) is 25.1 Å². The van der Waals surface area contributed by atoms with E-state index in [2.05, 4.69) is 22.0 Å². The molecule has 1 N–H and O–H groups in total. The maximum Gasteiger partial charge on any atom is 0.354 e. The summed E-state index contributed by atoms with van der Waals surface area (Å²) in [5.41, 5.74) is 3.17. The highest BCUT2D eigenvalue weighted by atomic mass is 16.5. The molecule has 120 valence electrons. The van der Waals surface area contributed by atoms with Crippen molar-refractivity contribution >= 4 is 17.3 Å². The molecule has 0 saturated carbocycles. The highest BCUT2D eigenvalue weighted by Crippen LogP contribution is 2.35. The summed E-state index contributed by atoms with van der Waals surface area (Å²) in [6.07, 6.45) is 1.62. The number of carbonyl (C=O) groups is 1. The Balaban J connectivity index is 1.81. The van der Waals surface area contributed by atoms with Crippen molar-refractivity contribution in [3.05, 3.63) is 47.8 Å². The molecule has 3 rings (SSSR count). The van der Waals surface area contributed by atoms with Gasteiger partial charge in [0.2, 0.25) is 0 Å². The van der Waals surface area contributed by atoms with Crippen LogP contribution in [0.5, 0.6) is 5.75 Å². The Morgan fingerprint density at radius 1 is 1.35 bits per heavy atom. The van der Waals surface area contributed by atoms with Gasteiger partial charge in [0.05, 0.1) is 12.2 Å². The van der Waals surface area contributed by atoms with Crippen molar-refractivity contribution in [2.45, 2.75) is 6.54 Å². The van der Waals surface area contributed by atoms with Crippen LogP contribution in [0.2, 0.25) is 0 Å². The quantitative estimate of drug-likeness (QED) is 0.934. The van der Waals surface area contributed by atoms with Gasteiger partial charge in [-0.15, -0.1) is 0 Å². The van der Waals surface area contributed by atoms with E-state index in [0.29, 0.717) is 13.2 Å². The van der Waals surface area contributed by atoms with Crippen LogP contribution in [-0.4, -0.2) is 43.3 Å². The van der Waals surface area contributed by atoms with Crippen molar-refractivity contribution in [2.24, 2.45) is 0 Å². The number of benzene rings is 1. The van der Waals surface area contributed by atoms with Gasteiger partial charge in [0.1, 0.15) is 18.1 Å². The van der Waals surface area contributed by atoms with Crippen molar-refractivity contribution in [3.63, 3.8) is 0 Å². The third kappa shape index (κ3) is 3.21. The number of hydrogen-bond acceptors (Lipinski definition) is 5. The van der Waals surface area contributed by atoms with Gasteiger partial charge < -0.3 is 19.6 Å². The molecular formula is C17H19N3O3. The molecule has 1 aromatic heterocycles. The van der Waals surface area contributed by atoms with E-state index in [-0.39, 0.29) is 5.69 Å². The average molecular weight is 313 g/mol. The van der Waals surface area contributed by atoms with E-state index < -0.39 is 5.97 Å². The number of aromatic nitrogens is 1. The van der Waals surface area contributed by atoms with E-state index in [0.717, 1.165) is 29.2 Å². The number of carboxylic acids is 1. The second kappa shape index (κ2) is 6.16. The number of fused-ring (bicyclic) bond motifs is 1. The molecule has 1 aliphatic rings. The van der Waals surface area contributed by atoms with Crippen molar-refractivity contribution in [3.8, 4) is 5.75 Å². The van der Waals surface area contributed by atoms with Crippen molar-refractivity contribution in [1.82, 2.24) is 4.98 Å². The molecule has 1 aromatic carbocycles. The first-order valence-corrected chi connectivity index (χ1v) is 7.42. The van der Waals surface area contributed by atoms with Gasteiger partial charge in [-0.1, -0.05) is 6.07 Å². The number of hydrogen-bond donors (Lipinski definition) is 1. The van der Waals surface area contributed by atoms with Crippen LogP contribution in [0.4, 0.5) is 11.4 Å². The molecule has 2 heterocycles. The Hall–Kier alpha value is -2.76. The first kappa shape index (κ1) is 15.1. The Morgan fingerprint density at radius 2 is 2.17 bits per heavy atom. The predicted molar refractivity (Wildman–Crippen MR) is 88.5 cm³/mol. The Labute approximate surface area is 134 Å². The highest BCUT2D eigenvalue weighted by molar-refractivity contribution is 5.85. The number of pyridine rings is 1. The zero-order chi connectivity index (χ0) is 16.4. The molecule has 0 fully saturated rings. The lowest BCUT2D eigenvalue weighted by atomic mass is 10.1. The van der Waals surface area contributed by atoms with Gasteiger partial charge in [-0.25, -0.2) is 9.78 Å². The third-order valence-electron chi connectivity index (χ3n) is 3.84. The molecule has 6 heteroatoms. The van der Waals surface area contributed by atoms with Crippen LogP contribution in [0.15, 0.2) is 36.5 Å². The summed E-state index contributed by atoms with van der Waals surface area (Å²) in [6.45, 7) is 2.09. The fourth-order valence-corrected chi connectivity index (χ4v) is 2.57. The zero-order valence-electron chi connectivity index (χ0n) is 13.2. The third-order valence-corrected chi connectivity index (χ3v) is 3.84. The number of nitrogens with zero attached hydrogens (tertiary/aromatic N) is 3. The van der Waals surface area contributed by atoms with Gasteiger partial charge in [0, 0.05) is 38.6 Å². The minimum Gasteiger partial charge on any atom is -0.489 e. The molecule has 6 nitrogen and oxygen atoms in total. The number of rotatable bonds is 4. The lowest BCUT2D eigenvalue weighted by molar-refractivity contribution is 0.0690. The van der Waals surface area contributed by atoms with Crippen LogP contribution in [0.3, 0.4) is 0 Å². The lowest BCUT2D eigenvalue weighted by Gasteiger charge is -2.32. The molecule has 0 unspecified atom stereocenters. The molecule has 0 spiro atoms. The number of aromatic carboxylic acids is 1. The minimum absolute atomic E-state index is 0.0618. The van der Waals surface area contributed by atoms with Crippen molar-refractivity contribution < 1.29 is 14.6 Å². The molecule has 0 radical (unpaired) electrons. The van der Waals surface area contributed by atoms with E-state index in [1.165, 1.54) is 6.07 Å². The van der Waals surface area contributed by atoms with Gasteiger partial charge in [0.25, 0.3) is 0 Å². The first-order valence-electron chi connectivity index (χ1n) is 7.42. The van der Waals surface area contributed by atoms with Crippen LogP contribution in [0, 0.1) is 0 Å². The summed E-state index contributed by atoms with van der Waals surface area (Å²) >= 11 is 0. The van der Waals surface area contributed by atoms with E-state index in [9.17, 15) is 4.79 Å². The summed E-state index contributed by atoms with van der Waals surface area (Å²) in [6, 6.07) is 9.50. The largest absolute Gasteiger partial charge is 0.489 e. The topological polar surface area (TPSA) is 65.9 Å². The molecule has 1 aliphatic heterocycles. The Bertz CT molecular complexity index is 714. The molecule has 2 aromatic rings. The summed E-state index contributed by atoms with van der Waals surface area (Å²) in [7, 11) is 4.00. The van der Waals surface area contributed by atoms with E-state index in [4.69, 9.17) is 9.84 Å². The van der Waals surface area contributed by atoms with E-state index >= 15 is 0 Å². The van der Waals surface area contributed by atoms with Gasteiger partial charge >= 0.3 is 5.97 Å². The highest BCUT2D eigenvalue weighted by Gasteiger charge is 2.19. The van der Waals surface area contributed by atoms with Crippen molar-refractivity contribution in [1.29, 1.82) is 0 Å². The second-order valence-corrected chi connectivity index (χ2v) is 5.67. The fraction of sp³-hybridized carbons (Fsp3) is 0.294. The average Bonchev–Trinajstić information content (AvgIpc) is 2.55. The normalized spacial score (nSPS) is 13.2. The smallest absolute Gasteiger partial charge is 0.354 e. The minimum atomic E-state index is -1.01. The van der Waals surface area contributed by atoms with Gasteiger partial charge in [-0.05, 0) is 23.8 Å². The number of carboxylic acid groups (broad SMARTS) is 1. The maximum atomic E-state index is 10.9. The molecule has 23 heavy (non-hydrogen) atoms. The standard InChI is InChI=1S/C17H19N3O3/c1-19(2)13-4-6-15-16(9-13)23-8-7-20(15)11-12-3-5-14(17(21)22)18-10-12/h3-6,9-10H,7-8,11H2,1-2H3,(H,21,22). The predicted octanol–water partition coefficient (Wildman–Crippen LogP) is 2.24. The van der Waals surface area contributed by atoms with Crippen LogP contribution in [-0.2, 0) is 6.54 Å². The maximum absolute atomic E-state index is 10.9. The van der Waals surface area contributed by atoms with Crippen LogP contribution < -0.4 is 14.5 Å². The molecule has 0 atom stereocenters. The number of ether oxygens (including phenoxy) is 1. The fourth-order valence-electron chi connectivity index (χ4n) is 2.57. The number of anilines is 2. The molecule has 0 saturated heterocycles. The summed E-state index contributed by atoms with van der Waals surface area (Å²) in [4.78, 5) is 19.1. The molecular weight excluding hydrogens is 294 g/mol. The second-order valence-electron chi connectivity index (χ2n) is 5.67. The van der Waals surface area contributed by atoms with E-state index in [1.54, 1.807) is 12.3 Å². The molecule has 0 bridgehead atoms. The monoisotopic (exact) mass is 313 g/mol. The van der Waals surface area contributed by atoms with Crippen molar-refractivity contribution in [2.75, 3.05) is 37.0 Å². The molecule has 0 aliphatic carbocycles. The van der Waals surface area contributed by atoms with Gasteiger partial charge in [0.15, 0.2) is 0 Å². The lowest BCUT2D eigenvalue weighted by Crippen LogP contribution is -2.32. The molecule has 0 amide bonds. The summed E-state index contributed by atoms with van der Waals surface area (Å²) < 4.78 is 5.77. The Kier molecular flexibility index (Phi) is 4.06. The van der Waals surface area contributed by atoms with Crippen LogP contribution in [0.1, 0.15) is 16.1 Å². The van der Waals surface area contributed by atoms with Gasteiger partial charge in [-0.2, -0.15) is 0 Å². The first-order chi connectivity index (χ1) is 11.0. The van der Waals surface area contributed by atoms with Crippen LogP contribution >= 0.6 is 0 Å². The summed E-state index contributed by atoms with van der Waals surface area (Å²) in [5.74, 6) is -0.137. The van der Waals surface area contributed by atoms with Gasteiger partial charge in [-0.3, -0.25) is 0 Å². The SMILES string of the molecule is CN(C)c1ccc2c(c1)OCCN2Cc1ccc(C(=O)O)nc1.